The fourth-order valence-electron chi connectivity index (χ4n) is 2.31. The first-order chi connectivity index (χ1) is 8.78. The number of rotatable bonds is 3. The van der Waals surface area contributed by atoms with E-state index in [2.05, 4.69) is 4.98 Å². The van der Waals surface area contributed by atoms with Crippen LogP contribution < -0.4 is 0 Å². The first-order valence-corrected chi connectivity index (χ1v) is 6.64. The van der Waals surface area contributed by atoms with Crippen LogP contribution in [0.4, 0.5) is 13.2 Å². The van der Waals surface area contributed by atoms with E-state index >= 15 is 0 Å². The van der Waals surface area contributed by atoms with Crippen molar-refractivity contribution < 1.29 is 23.1 Å². The highest BCUT2D eigenvalue weighted by Gasteiger charge is 2.63. The van der Waals surface area contributed by atoms with E-state index in [4.69, 9.17) is 5.11 Å². The predicted molar refractivity (Wildman–Crippen MR) is 62.8 cm³/mol. The molecule has 1 saturated heterocycles. The lowest BCUT2D eigenvalue weighted by atomic mass is 9.86. The second-order valence-corrected chi connectivity index (χ2v) is 5.41. The van der Waals surface area contributed by atoms with Crippen LogP contribution in [0, 0.1) is 5.41 Å². The summed E-state index contributed by atoms with van der Waals surface area (Å²) in [5.41, 5.74) is -0.374. The quantitative estimate of drug-likeness (QED) is 0.931. The molecule has 106 valence electrons. The average Bonchev–Trinajstić information content (AvgIpc) is 2.97. The standard InChI is InChI=1S/C11H13F3N2O2S/c1-7(8-4-19-6-15-8)16-3-2-10(5-16,9(17)18)11(12,13)14/h4,6-7H,2-3,5H2,1H3,(H,17,18). The Morgan fingerprint density at radius 1 is 1.63 bits per heavy atom. The maximum absolute atomic E-state index is 13.0. The number of hydrogen-bond donors (Lipinski definition) is 1. The zero-order valence-electron chi connectivity index (χ0n) is 10.1. The molecule has 1 fully saturated rings. The third-order valence-electron chi connectivity index (χ3n) is 3.68. The SMILES string of the molecule is CC(c1cscn1)N1CCC(C(=O)O)(C(F)(F)F)C1. The van der Waals surface area contributed by atoms with E-state index in [1.54, 1.807) is 17.8 Å². The van der Waals surface area contributed by atoms with Gasteiger partial charge in [0.1, 0.15) is 0 Å². The molecular formula is C11H13F3N2O2S. The van der Waals surface area contributed by atoms with Crippen molar-refractivity contribution in [3.63, 3.8) is 0 Å². The largest absolute Gasteiger partial charge is 0.481 e. The van der Waals surface area contributed by atoms with Gasteiger partial charge >= 0.3 is 12.1 Å². The molecule has 1 N–H and O–H groups in total. The van der Waals surface area contributed by atoms with Crippen molar-refractivity contribution in [2.24, 2.45) is 5.41 Å². The van der Waals surface area contributed by atoms with Gasteiger partial charge in [-0.2, -0.15) is 13.2 Å². The second-order valence-electron chi connectivity index (χ2n) is 4.69. The van der Waals surface area contributed by atoms with Crippen LogP contribution in [-0.4, -0.2) is 40.2 Å². The summed E-state index contributed by atoms with van der Waals surface area (Å²) >= 11 is 1.36. The van der Waals surface area contributed by atoms with Crippen LogP contribution in [0.2, 0.25) is 0 Å². The molecule has 1 aromatic rings. The molecule has 0 radical (unpaired) electrons. The Bertz CT molecular complexity index is 463. The molecule has 1 aliphatic rings. The van der Waals surface area contributed by atoms with Gasteiger partial charge in [0.25, 0.3) is 0 Å². The fraction of sp³-hybridized carbons (Fsp3) is 0.636. The van der Waals surface area contributed by atoms with Crippen molar-refractivity contribution >= 4 is 17.3 Å². The number of alkyl halides is 3. The Hall–Kier alpha value is -1.15. The van der Waals surface area contributed by atoms with E-state index in [1.165, 1.54) is 16.2 Å². The number of carboxylic acid groups (broad SMARTS) is 1. The van der Waals surface area contributed by atoms with Crippen LogP contribution in [0.25, 0.3) is 0 Å². The van der Waals surface area contributed by atoms with Gasteiger partial charge in [-0.3, -0.25) is 9.69 Å². The van der Waals surface area contributed by atoms with Crippen LogP contribution >= 0.6 is 11.3 Å². The molecule has 2 rings (SSSR count). The number of aliphatic carboxylic acids is 1. The summed E-state index contributed by atoms with van der Waals surface area (Å²) in [5.74, 6) is -1.80. The number of likely N-dealkylation sites (tertiary alicyclic amines) is 1. The van der Waals surface area contributed by atoms with Crippen LogP contribution in [0.5, 0.6) is 0 Å². The molecule has 0 aliphatic carbocycles. The van der Waals surface area contributed by atoms with Crippen LogP contribution in [-0.2, 0) is 4.79 Å². The third kappa shape index (κ3) is 2.34. The van der Waals surface area contributed by atoms with E-state index in [0.29, 0.717) is 5.69 Å². The molecule has 0 saturated carbocycles. The third-order valence-corrected chi connectivity index (χ3v) is 4.28. The summed E-state index contributed by atoms with van der Waals surface area (Å²) in [4.78, 5) is 16.7. The molecule has 2 atom stereocenters. The summed E-state index contributed by atoms with van der Waals surface area (Å²) < 4.78 is 39.1. The number of carbonyl (C=O) groups is 1. The molecule has 0 spiro atoms. The first kappa shape index (κ1) is 14.3. The molecule has 4 nitrogen and oxygen atoms in total. The minimum Gasteiger partial charge on any atom is -0.481 e. The van der Waals surface area contributed by atoms with Crippen LogP contribution in [0.15, 0.2) is 10.9 Å². The summed E-state index contributed by atoms with van der Waals surface area (Å²) in [6.45, 7) is 1.32. The topological polar surface area (TPSA) is 53.4 Å². The summed E-state index contributed by atoms with van der Waals surface area (Å²) in [6.07, 6.45) is -5.16. The number of nitrogens with zero attached hydrogens (tertiary/aromatic N) is 2. The zero-order valence-corrected chi connectivity index (χ0v) is 11.0. The zero-order chi connectivity index (χ0) is 14.3. The monoisotopic (exact) mass is 294 g/mol. The van der Waals surface area contributed by atoms with Gasteiger partial charge in [-0.1, -0.05) is 0 Å². The maximum Gasteiger partial charge on any atom is 0.406 e. The molecule has 2 heterocycles. The van der Waals surface area contributed by atoms with E-state index in [9.17, 15) is 18.0 Å². The molecule has 1 aliphatic heterocycles. The van der Waals surface area contributed by atoms with Gasteiger partial charge in [-0.25, -0.2) is 4.98 Å². The number of aromatic nitrogens is 1. The first-order valence-electron chi connectivity index (χ1n) is 5.70. The number of halogens is 3. The lowest BCUT2D eigenvalue weighted by molar-refractivity contribution is -0.227. The Morgan fingerprint density at radius 2 is 2.32 bits per heavy atom. The Balaban J connectivity index is 2.20. The Kier molecular flexibility index (Phi) is 3.57. The highest BCUT2D eigenvalue weighted by molar-refractivity contribution is 7.07. The lowest BCUT2D eigenvalue weighted by Crippen LogP contribution is -2.47. The van der Waals surface area contributed by atoms with E-state index < -0.39 is 30.5 Å². The molecule has 2 unspecified atom stereocenters. The molecule has 19 heavy (non-hydrogen) atoms. The van der Waals surface area contributed by atoms with Crippen molar-refractivity contribution in [1.29, 1.82) is 0 Å². The van der Waals surface area contributed by atoms with Gasteiger partial charge < -0.3 is 5.11 Å². The highest BCUT2D eigenvalue weighted by atomic mass is 32.1. The minimum atomic E-state index is -4.74. The Morgan fingerprint density at radius 3 is 2.74 bits per heavy atom. The van der Waals surface area contributed by atoms with Gasteiger partial charge in [0, 0.05) is 18.5 Å². The van der Waals surface area contributed by atoms with Crippen LogP contribution in [0.1, 0.15) is 25.1 Å². The number of thiazole rings is 1. The molecular weight excluding hydrogens is 281 g/mol. The molecule has 1 aromatic heterocycles. The minimum absolute atomic E-state index is 0.102. The van der Waals surface area contributed by atoms with Crippen molar-refractivity contribution in [1.82, 2.24) is 9.88 Å². The summed E-state index contributed by atoms with van der Waals surface area (Å²) in [6, 6.07) is -0.310. The normalized spacial score (nSPS) is 26.5. The summed E-state index contributed by atoms with van der Waals surface area (Å²) in [5, 5.41) is 10.7. The van der Waals surface area contributed by atoms with Gasteiger partial charge in [0.2, 0.25) is 0 Å². The average molecular weight is 294 g/mol. The van der Waals surface area contributed by atoms with Crippen molar-refractivity contribution in [3.05, 3.63) is 16.6 Å². The second kappa shape index (κ2) is 4.75. The van der Waals surface area contributed by atoms with Gasteiger partial charge in [0.05, 0.1) is 17.2 Å². The van der Waals surface area contributed by atoms with E-state index in [1.807, 2.05) is 0 Å². The van der Waals surface area contributed by atoms with E-state index in [0.717, 1.165) is 0 Å². The molecule has 0 bridgehead atoms. The van der Waals surface area contributed by atoms with Crippen molar-refractivity contribution in [2.45, 2.75) is 25.6 Å². The fourth-order valence-corrected chi connectivity index (χ4v) is 2.95. The van der Waals surface area contributed by atoms with Crippen molar-refractivity contribution in [3.8, 4) is 0 Å². The predicted octanol–water partition coefficient (Wildman–Crippen LogP) is 2.54. The number of hydrogen-bond acceptors (Lipinski definition) is 4. The van der Waals surface area contributed by atoms with Crippen molar-refractivity contribution in [2.75, 3.05) is 13.1 Å². The maximum atomic E-state index is 13.0. The van der Waals surface area contributed by atoms with Crippen LogP contribution in [0.3, 0.4) is 0 Å². The molecule has 0 aromatic carbocycles. The smallest absolute Gasteiger partial charge is 0.406 e. The van der Waals surface area contributed by atoms with Gasteiger partial charge in [0.15, 0.2) is 5.41 Å². The summed E-state index contributed by atoms with van der Waals surface area (Å²) in [7, 11) is 0. The lowest BCUT2D eigenvalue weighted by Gasteiger charge is -2.29. The Labute approximate surface area is 111 Å². The molecule has 0 amide bonds. The van der Waals surface area contributed by atoms with Gasteiger partial charge in [-0.05, 0) is 13.3 Å². The molecule has 8 heteroatoms. The van der Waals surface area contributed by atoms with Gasteiger partial charge in [-0.15, -0.1) is 11.3 Å². The van der Waals surface area contributed by atoms with E-state index in [-0.39, 0.29) is 12.6 Å². The highest BCUT2D eigenvalue weighted by Crippen LogP contribution is 2.47. The number of carboxylic acids is 1.